The summed E-state index contributed by atoms with van der Waals surface area (Å²) in [6.07, 6.45) is -3.42. The first-order valence-corrected chi connectivity index (χ1v) is 9.55. The molecular weight excluding hydrogens is 398 g/mol. The second kappa shape index (κ2) is 5.54. The van der Waals surface area contributed by atoms with Gasteiger partial charge in [0.05, 0.1) is 6.10 Å². The number of fused-ring (bicyclic) bond motifs is 1. The van der Waals surface area contributed by atoms with Crippen molar-refractivity contribution in [2.45, 2.75) is 41.3 Å². The van der Waals surface area contributed by atoms with Gasteiger partial charge < -0.3 is 14.2 Å². The van der Waals surface area contributed by atoms with Crippen LogP contribution in [0.3, 0.4) is 0 Å². The number of carbonyl (C=O) groups is 2. The maximum Gasteiger partial charge on any atom is 0.465 e. The van der Waals surface area contributed by atoms with Gasteiger partial charge in [-0.1, -0.05) is 0 Å². The van der Waals surface area contributed by atoms with E-state index in [1.54, 1.807) is 0 Å². The molecule has 5 atom stereocenters. The lowest BCUT2D eigenvalue weighted by atomic mass is 9.95. The van der Waals surface area contributed by atoms with Crippen LogP contribution in [-0.4, -0.2) is 74.9 Å². The van der Waals surface area contributed by atoms with Gasteiger partial charge in [-0.3, -0.25) is 8.74 Å². The molecule has 0 amide bonds. The van der Waals surface area contributed by atoms with Gasteiger partial charge in [0.1, 0.15) is 18.3 Å². The van der Waals surface area contributed by atoms with E-state index in [0.717, 1.165) is 0 Å². The van der Waals surface area contributed by atoms with Gasteiger partial charge in [0, 0.05) is 6.42 Å². The van der Waals surface area contributed by atoms with Crippen LogP contribution in [0.4, 0.5) is 8.78 Å². The summed E-state index contributed by atoms with van der Waals surface area (Å²) in [5, 5.41) is -6.55. The number of hydrogen-bond donors (Lipinski definition) is 1. The minimum atomic E-state index is -6.08. The Morgan fingerprint density at radius 3 is 2.52 bits per heavy atom. The summed E-state index contributed by atoms with van der Waals surface area (Å²) in [4.78, 5) is 22.5. The zero-order valence-corrected chi connectivity index (χ0v) is 13.5. The molecule has 25 heavy (non-hydrogen) atoms. The number of esters is 2. The highest BCUT2D eigenvalue weighted by Crippen LogP contribution is 2.47. The third-order valence-corrected chi connectivity index (χ3v) is 6.45. The first kappa shape index (κ1) is 18.4. The molecule has 5 unspecified atom stereocenters. The quantitative estimate of drug-likeness (QED) is 0.310. The molecule has 3 rings (SSSR count). The van der Waals surface area contributed by atoms with Gasteiger partial charge in [0.15, 0.2) is 11.9 Å². The first-order valence-electron chi connectivity index (χ1n) is 6.64. The van der Waals surface area contributed by atoms with Crippen LogP contribution in [0, 0.1) is 0 Å². The molecule has 0 aromatic rings. The second-order valence-corrected chi connectivity index (χ2v) is 8.67. The van der Waals surface area contributed by atoms with Crippen molar-refractivity contribution in [3.63, 3.8) is 0 Å². The maximum absolute atomic E-state index is 12.9. The molecule has 3 aliphatic heterocycles. The fourth-order valence-corrected chi connectivity index (χ4v) is 4.97. The predicted molar refractivity (Wildman–Crippen MR) is 68.2 cm³/mol. The number of rotatable bonds is 5. The van der Waals surface area contributed by atoms with Gasteiger partial charge in [-0.15, -0.1) is 0 Å². The summed E-state index contributed by atoms with van der Waals surface area (Å²) in [7, 11) is -10.1. The number of hydrogen-bond acceptors (Lipinski definition) is 10. The van der Waals surface area contributed by atoms with Crippen molar-refractivity contribution in [1.29, 1.82) is 0 Å². The van der Waals surface area contributed by atoms with Crippen LogP contribution in [0.5, 0.6) is 0 Å². The Balaban J connectivity index is 1.60. The monoisotopic (exact) mass is 408 g/mol. The molecule has 3 saturated heterocycles. The third kappa shape index (κ3) is 2.88. The summed E-state index contributed by atoms with van der Waals surface area (Å²) < 4.78 is 97.1. The highest BCUT2D eigenvalue weighted by atomic mass is 32.2. The van der Waals surface area contributed by atoms with E-state index >= 15 is 0 Å². The van der Waals surface area contributed by atoms with Crippen molar-refractivity contribution in [2.24, 2.45) is 0 Å². The van der Waals surface area contributed by atoms with Crippen LogP contribution in [0.25, 0.3) is 0 Å². The molecular formula is C10H10F2O11S2. The molecule has 15 heteroatoms. The zero-order valence-electron chi connectivity index (χ0n) is 11.9. The number of alkyl halides is 2. The zero-order chi connectivity index (χ0) is 18.8. The lowest BCUT2D eigenvalue weighted by Gasteiger charge is -2.21. The highest BCUT2D eigenvalue weighted by molar-refractivity contribution is 7.88. The molecule has 0 spiro atoms. The third-order valence-electron chi connectivity index (χ3n) is 3.92. The van der Waals surface area contributed by atoms with E-state index in [1.807, 2.05) is 0 Å². The molecule has 3 fully saturated rings. The number of ether oxygens (including phenoxy) is 3. The van der Waals surface area contributed by atoms with Crippen LogP contribution in [-0.2, 0) is 48.2 Å². The van der Waals surface area contributed by atoms with Gasteiger partial charge in [-0.2, -0.15) is 25.6 Å². The fraction of sp³-hybridized carbons (Fsp3) is 0.800. The molecule has 0 radical (unpaired) electrons. The van der Waals surface area contributed by atoms with Crippen LogP contribution in [0.1, 0.15) is 6.42 Å². The summed E-state index contributed by atoms with van der Waals surface area (Å²) in [5.41, 5.74) is 0. The van der Waals surface area contributed by atoms with E-state index in [1.165, 1.54) is 0 Å². The molecule has 142 valence electrons. The average Bonchev–Trinajstić information content (AvgIpc) is 3.04. The Morgan fingerprint density at radius 2 is 1.92 bits per heavy atom. The van der Waals surface area contributed by atoms with Crippen LogP contribution >= 0.6 is 0 Å². The Morgan fingerprint density at radius 1 is 1.28 bits per heavy atom. The van der Waals surface area contributed by atoms with E-state index in [9.17, 15) is 35.2 Å². The van der Waals surface area contributed by atoms with Crippen LogP contribution in [0.2, 0.25) is 0 Å². The number of carbonyl (C=O) groups excluding carboxylic acids is 2. The van der Waals surface area contributed by atoms with Crippen molar-refractivity contribution < 1.29 is 58.2 Å². The minimum absolute atomic E-state index is 0.138. The summed E-state index contributed by atoms with van der Waals surface area (Å²) in [6, 6.07) is 0. The van der Waals surface area contributed by atoms with Gasteiger partial charge >= 0.3 is 27.3 Å². The maximum atomic E-state index is 12.9. The summed E-state index contributed by atoms with van der Waals surface area (Å²) in [6.45, 7) is -1.42. The van der Waals surface area contributed by atoms with E-state index in [4.69, 9.17) is 18.2 Å². The van der Waals surface area contributed by atoms with Crippen LogP contribution in [0.15, 0.2) is 0 Å². The smallest absolute Gasteiger partial charge is 0.455 e. The first-order chi connectivity index (χ1) is 11.3. The standard InChI is InChI=1S/C10H10F2O11S2/c11-10(12,25(17,18)19)9(14)20-2-5(13)22-6-3-1-4-7(21-3)8(6)24(15,16)23-4/h3-4,6-8H,1-2H2,(H,17,18,19). The van der Waals surface area contributed by atoms with Gasteiger partial charge in [0.2, 0.25) is 0 Å². The lowest BCUT2D eigenvalue weighted by Crippen LogP contribution is -2.44. The van der Waals surface area contributed by atoms with E-state index < -0.39 is 73.7 Å². The summed E-state index contributed by atoms with van der Waals surface area (Å²) in [5.74, 6) is -4.09. The van der Waals surface area contributed by atoms with Gasteiger partial charge in [0.25, 0.3) is 10.1 Å². The van der Waals surface area contributed by atoms with Crippen molar-refractivity contribution in [3.05, 3.63) is 0 Å². The van der Waals surface area contributed by atoms with Crippen molar-refractivity contribution in [1.82, 2.24) is 0 Å². The largest absolute Gasteiger partial charge is 0.465 e. The highest BCUT2D eigenvalue weighted by Gasteiger charge is 2.67. The fourth-order valence-electron chi connectivity index (χ4n) is 2.91. The SMILES string of the molecule is O=C(COC(=O)C(F)(F)S(=O)(=O)O)OC1C2CC3OS(=O)(=O)C1C3O2. The number of halogens is 2. The Labute approximate surface area is 139 Å². The molecule has 3 heterocycles. The molecule has 0 aromatic carbocycles. The average molecular weight is 408 g/mol. The van der Waals surface area contributed by atoms with Crippen LogP contribution < -0.4 is 0 Å². The van der Waals surface area contributed by atoms with E-state index in [2.05, 4.69) is 4.74 Å². The summed E-state index contributed by atoms with van der Waals surface area (Å²) >= 11 is 0. The van der Waals surface area contributed by atoms with E-state index in [0.29, 0.717) is 0 Å². The molecule has 0 aromatic heterocycles. The van der Waals surface area contributed by atoms with E-state index in [-0.39, 0.29) is 6.42 Å². The topological polar surface area (TPSA) is 160 Å². The van der Waals surface area contributed by atoms with Gasteiger partial charge in [-0.25, -0.2) is 9.59 Å². The Kier molecular flexibility index (Phi) is 4.07. The van der Waals surface area contributed by atoms with Crippen molar-refractivity contribution >= 4 is 32.2 Å². The lowest BCUT2D eigenvalue weighted by molar-refractivity contribution is -0.172. The normalized spacial score (nSPS) is 35.6. The van der Waals surface area contributed by atoms with Crippen molar-refractivity contribution in [3.8, 4) is 0 Å². The second-order valence-electron chi connectivity index (χ2n) is 5.49. The molecule has 1 N–H and O–H groups in total. The molecule has 11 nitrogen and oxygen atoms in total. The predicted octanol–water partition coefficient (Wildman–Crippen LogP) is -1.81. The Hall–Kier alpha value is -1.42. The molecule has 2 bridgehead atoms. The Bertz CT molecular complexity index is 818. The van der Waals surface area contributed by atoms with Crippen molar-refractivity contribution in [2.75, 3.05) is 6.61 Å². The molecule has 0 saturated carbocycles. The molecule has 0 aliphatic carbocycles. The van der Waals surface area contributed by atoms with Gasteiger partial charge in [-0.05, 0) is 0 Å². The minimum Gasteiger partial charge on any atom is -0.455 e. The molecule has 3 aliphatic rings.